The number of hydrogen-bond donors (Lipinski definition) is 0. The van der Waals surface area contributed by atoms with Crippen LogP contribution >= 0.6 is 0 Å². The minimum absolute atomic E-state index is 0.332. The molecular weight excluding hydrogens is 364 g/mol. The second kappa shape index (κ2) is 5.47. The summed E-state index contributed by atoms with van der Waals surface area (Å²) in [6.07, 6.45) is 0. The fourth-order valence-corrected chi connectivity index (χ4v) is 1.70. The second-order valence-corrected chi connectivity index (χ2v) is 4.23. The Labute approximate surface area is 137 Å². The summed E-state index contributed by atoms with van der Waals surface area (Å²) in [4.78, 5) is 27.4. The molecule has 0 unspecified atom stereocenters. The number of nitro groups is 2. The van der Waals surface area contributed by atoms with Gasteiger partial charge < -0.3 is 29.3 Å². The van der Waals surface area contributed by atoms with Gasteiger partial charge in [-0.2, -0.15) is 9.97 Å². The van der Waals surface area contributed by atoms with E-state index in [1.54, 1.807) is 0 Å². The molecule has 4 rings (SSSR count). The van der Waals surface area contributed by atoms with Gasteiger partial charge in [0.1, 0.15) is 0 Å². The summed E-state index contributed by atoms with van der Waals surface area (Å²) in [7, 11) is 0. The predicted octanol–water partition coefficient (Wildman–Crippen LogP) is 0.0360. The van der Waals surface area contributed by atoms with E-state index in [0.717, 1.165) is 0 Å². The fourth-order valence-electron chi connectivity index (χ4n) is 1.70. The van der Waals surface area contributed by atoms with Crippen molar-refractivity contribution in [2.45, 2.75) is 0 Å². The average Bonchev–Trinajstić information content (AvgIpc) is 3.40. The Hall–Kier alpha value is -4.64. The van der Waals surface area contributed by atoms with Gasteiger partial charge in [-0.25, -0.2) is 0 Å². The molecule has 0 atom stereocenters. The molecule has 0 aromatic carbocycles. The molecular formula is C8N10O8. The lowest BCUT2D eigenvalue weighted by Crippen LogP contribution is -1.92. The lowest BCUT2D eigenvalue weighted by atomic mass is 10.4. The van der Waals surface area contributed by atoms with Crippen LogP contribution in [0.25, 0.3) is 34.8 Å². The maximum atomic E-state index is 10.8. The van der Waals surface area contributed by atoms with E-state index in [0.29, 0.717) is 0 Å². The minimum Gasteiger partial charge on any atom is -0.358 e. The first-order valence-electron chi connectivity index (χ1n) is 6.17. The zero-order valence-corrected chi connectivity index (χ0v) is 11.7. The summed E-state index contributed by atoms with van der Waals surface area (Å²) in [5.74, 6) is -2.82. The SMILES string of the molecule is O=[N+]([O-])c1nonc1-c1noc(-c2nc(-c3nonc3[N+](=O)[O-])no2)n1. The summed E-state index contributed by atoms with van der Waals surface area (Å²) in [6.45, 7) is 0. The second-order valence-electron chi connectivity index (χ2n) is 4.23. The van der Waals surface area contributed by atoms with Crippen LogP contribution in [-0.4, -0.2) is 50.8 Å². The maximum Gasteiger partial charge on any atom is 0.446 e. The first-order chi connectivity index (χ1) is 12.5. The molecule has 0 N–H and O–H groups in total. The summed E-state index contributed by atoms with van der Waals surface area (Å²) in [5, 5.41) is 41.3. The Kier molecular flexibility index (Phi) is 3.14. The lowest BCUT2D eigenvalue weighted by molar-refractivity contribution is -0.390. The van der Waals surface area contributed by atoms with Gasteiger partial charge in [-0.3, -0.25) is 0 Å². The van der Waals surface area contributed by atoms with Crippen molar-refractivity contribution in [1.82, 2.24) is 40.9 Å². The molecule has 0 aliphatic carbocycles. The van der Waals surface area contributed by atoms with Crippen molar-refractivity contribution in [3.8, 4) is 34.8 Å². The predicted molar refractivity (Wildman–Crippen MR) is 67.5 cm³/mol. The van der Waals surface area contributed by atoms with Gasteiger partial charge in [0.05, 0.1) is 0 Å². The molecule has 4 heterocycles. The van der Waals surface area contributed by atoms with Crippen LogP contribution in [0.2, 0.25) is 0 Å². The van der Waals surface area contributed by atoms with Gasteiger partial charge in [0, 0.05) is 0 Å². The van der Waals surface area contributed by atoms with Crippen LogP contribution in [0, 0.1) is 20.2 Å². The van der Waals surface area contributed by atoms with Crippen molar-refractivity contribution in [1.29, 1.82) is 0 Å². The molecule has 26 heavy (non-hydrogen) atoms. The van der Waals surface area contributed by atoms with Crippen molar-refractivity contribution in [3.63, 3.8) is 0 Å². The molecule has 0 radical (unpaired) electrons. The summed E-state index contributed by atoms with van der Waals surface area (Å²) in [5.41, 5.74) is -0.776. The molecule has 0 saturated carbocycles. The van der Waals surface area contributed by atoms with Crippen molar-refractivity contribution < 1.29 is 28.2 Å². The highest BCUT2D eigenvalue weighted by Crippen LogP contribution is 2.28. The number of hydrogen-bond acceptors (Lipinski definition) is 16. The Morgan fingerprint density at radius 3 is 1.46 bits per heavy atom. The fraction of sp³-hybridized carbons (Fsp3) is 0. The topological polar surface area (TPSA) is 242 Å². The van der Waals surface area contributed by atoms with Gasteiger partial charge in [-0.15, -0.1) is 9.26 Å². The van der Waals surface area contributed by atoms with Gasteiger partial charge in [0.25, 0.3) is 11.4 Å². The van der Waals surface area contributed by atoms with Crippen LogP contribution in [0.3, 0.4) is 0 Å². The Bertz CT molecular complexity index is 1030. The van der Waals surface area contributed by atoms with Crippen molar-refractivity contribution in [3.05, 3.63) is 20.2 Å². The highest BCUT2D eigenvalue weighted by molar-refractivity contribution is 5.61. The number of rotatable bonds is 5. The van der Waals surface area contributed by atoms with Gasteiger partial charge >= 0.3 is 23.4 Å². The molecule has 0 spiro atoms. The molecule has 0 aliphatic rings. The van der Waals surface area contributed by atoms with E-state index in [-0.39, 0.29) is 34.8 Å². The quantitative estimate of drug-likeness (QED) is 0.335. The van der Waals surface area contributed by atoms with E-state index in [9.17, 15) is 20.2 Å². The van der Waals surface area contributed by atoms with Gasteiger partial charge in [-0.05, 0) is 20.2 Å². The van der Waals surface area contributed by atoms with E-state index in [1.165, 1.54) is 0 Å². The first kappa shape index (κ1) is 14.9. The largest absolute Gasteiger partial charge is 0.446 e. The van der Waals surface area contributed by atoms with E-state index in [2.05, 4.69) is 50.2 Å². The van der Waals surface area contributed by atoms with E-state index >= 15 is 0 Å². The molecule has 0 aliphatic heterocycles. The van der Waals surface area contributed by atoms with E-state index in [1.807, 2.05) is 0 Å². The lowest BCUT2D eigenvalue weighted by Gasteiger charge is -1.86. The van der Waals surface area contributed by atoms with Crippen LogP contribution in [0.4, 0.5) is 11.6 Å². The third-order valence-electron chi connectivity index (χ3n) is 2.75. The molecule has 4 aromatic rings. The monoisotopic (exact) mass is 364 g/mol. The van der Waals surface area contributed by atoms with Crippen LogP contribution in [0.1, 0.15) is 0 Å². The smallest absolute Gasteiger partial charge is 0.358 e. The molecule has 18 nitrogen and oxygen atoms in total. The Balaban J connectivity index is 1.68. The average molecular weight is 364 g/mol. The van der Waals surface area contributed by atoms with Crippen molar-refractivity contribution in [2.75, 3.05) is 0 Å². The Morgan fingerprint density at radius 2 is 1.08 bits per heavy atom. The first-order valence-corrected chi connectivity index (χ1v) is 6.17. The van der Waals surface area contributed by atoms with Gasteiger partial charge in [-0.1, -0.05) is 10.3 Å². The summed E-state index contributed by atoms with van der Waals surface area (Å²) < 4.78 is 18.2. The zero-order chi connectivity index (χ0) is 18.3. The van der Waals surface area contributed by atoms with E-state index < -0.39 is 21.5 Å². The number of nitrogens with zero attached hydrogens (tertiary/aromatic N) is 10. The zero-order valence-electron chi connectivity index (χ0n) is 11.7. The molecule has 0 amide bonds. The standard InChI is InChI=1S/C8N10O8/c19-17(20)5-1(11-25-15-5)3-9-7(23-13-3)8-10-4(14-24-8)2-6(18(21)22)16-26-12-2. The van der Waals surface area contributed by atoms with Gasteiger partial charge in [0.15, 0.2) is 10.3 Å². The molecule has 0 bridgehead atoms. The van der Waals surface area contributed by atoms with E-state index in [4.69, 9.17) is 9.05 Å². The number of aromatic nitrogens is 8. The molecule has 18 heteroatoms. The highest BCUT2D eigenvalue weighted by Gasteiger charge is 2.31. The molecule has 4 aromatic heterocycles. The highest BCUT2D eigenvalue weighted by atomic mass is 16.6. The normalized spacial score (nSPS) is 10.9. The van der Waals surface area contributed by atoms with Crippen LogP contribution in [0.5, 0.6) is 0 Å². The van der Waals surface area contributed by atoms with Crippen LogP contribution < -0.4 is 0 Å². The van der Waals surface area contributed by atoms with Gasteiger partial charge in [0.2, 0.25) is 11.6 Å². The maximum absolute atomic E-state index is 10.8. The molecule has 0 fully saturated rings. The minimum atomic E-state index is -0.858. The van der Waals surface area contributed by atoms with Crippen molar-refractivity contribution in [2.24, 2.45) is 0 Å². The third kappa shape index (κ3) is 2.29. The Morgan fingerprint density at radius 1 is 0.654 bits per heavy atom. The van der Waals surface area contributed by atoms with Crippen molar-refractivity contribution >= 4 is 11.6 Å². The summed E-state index contributed by atoms with van der Waals surface area (Å²) in [6, 6.07) is 0. The third-order valence-corrected chi connectivity index (χ3v) is 2.75. The van der Waals surface area contributed by atoms with Crippen LogP contribution in [0.15, 0.2) is 18.3 Å². The molecule has 130 valence electrons. The molecule has 0 saturated heterocycles. The van der Waals surface area contributed by atoms with Crippen LogP contribution in [-0.2, 0) is 0 Å². The summed E-state index contributed by atoms with van der Waals surface area (Å²) >= 11 is 0.